The number of ether oxygens (including phenoxy) is 1. The van der Waals surface area contributed by atoms with Crippen molar-refractivity contribution >= 4 is 11.5 Å². The molecule has 0 aromatic heterocycles. The molecule has 6 heteroatoms. The van der Waals surface area contributed by atoms with Crippen molar-refractivity contribution in [1.29, 1.82) is 0 Å². The molecule has 1 aromatic rings. The first-order valence-corrected chi connectivity index (χ1v) is 4.39. The first-order chi connectivity index (χ1) is 7.29. The number of Topliss-reactive ketones (excluding diaryl/α,β-unsaturated/α-hetero) is 1. The minimum atomic E-state index is -4.44. The average molecular weight is 233 g/mol. The predicted molar refractivity (Wildman–Crippen MR) is 52.4 cm³/mol. The Balaban J connectivity index is 2.91. The monoisotopic (exact) mass is 233 g/mol. The van der Waals surface area contributed by atoms with Gasteiger partial charge in [-0.2, -0.15) is 13.2 Å². The number of anilines is 1. The molecule has 0 amide bonds. The van der Waals surface area contributed by atoms with E-state index < -0.39 is 18.6 Å². The molecule has 0 fully saturated rings. The third-order valence-electron chi connectivity index (χ3n) is 1.77. The number of alkyl halides is 3. The summed E-state index contributed by atoms with van der Waals surface area (Å²) >= 11 is 0. The Morgan fingerprint density at radius 2 is 2.06 bits per heavy atom. The van der Waals surface area contributed by atoms with E-state index in [4.69, 9.17) is 5.73 Å². The van der Waals surface area contributed by atoms with Crippen molar-refractivity contribution in [2.75, 3.05) is 12.3 Å². The summed E-state index contributed by atoms with van der Waals surface area (Å²) in [6, 6.07) is 3.91. The Morgan fingerprint density at radius 1 is 1.44 bits per heavy atom. The molecule has 2 N–H and O–H groups in total. The summed E-state index contributed by atoms with van der Waals surface area (Å²) in [6.07, 6.45) is -4.44. The summed E-state index contributed by atoms with van der Waals surface area (Å²) < 4.78 is 40.3. The summed E-state index contributed by atoms with van der Waals surface area (Å²) in [5, 5.41) is 0. The molecule has 0 bridgehead atoms. The van der Waals surface area contributed by atoms with Crippen LogP contribution in [-0.2, 0) is 0 Å². The van der Waals surface area contributed by atoms with Gasteiger partial charge in [0.05, 0.1) is 5.56 Å². The van der Waals surface area contributed by atoms with Crippen LogP contribution in [0.2, 0.25) is 0 Å². The van der Waals surface area contributed by atoms with Crippen LogP contribution in [0.1, 0.15) is 17.3 Å². The van der Waals surface area contributed by atoms with Crippen LogP contribution in [0.25, 0.3) is 0 Å². The highest BCUT2D eigenvalue weighted by Gasteiger charge is 2.29. The molecule has 0 heterocycles. The molecule has 1 aromatic carbocycles. The van der Waals surface area contributed by atoms with Crippen molar-refractivity contribution in [3.63, 3.8) is 0 Å². The summed E-state index contributed by atoms with van der Waals surface area (Å²) in [7, 11) is 0. The van der Waals surface area contributed by atoms with Crippen LogP contribution in [0.5, 0.6) is 5.75 Å². The zero-order valence-corrected chi connectivity index (χ0v) is 8.47. The van der Waals surface area contributed by atoms with Crippen LogP contribution in [0.4, 0.5) is 18.9 Å². The quantitative estimate of drug-likeness (QED) is 0.644. The van der Waals surface area contributed by atoms with E-state index in [1.54, 1.807) is 0 Å². The van der Waals surface area contributed by atoms with Crippen LogP contribution < -0.4 is 10.5 Å². The van der Waals surface area contributed by atoms with E-state index in [1.165, 1.54) is 25.1 Å². The van der Waals surface area contributed by atoms with E-state index in [9.17, 15) is 18.0 Å². The molecular formula is C10H10F3NO2. The number of nitrogen functional groups attached to an aromatic ring is 1. The van der Waals surface area contributed by atoms with Gasteiger partial charge < -0.3 is 10.5 Å². The Bertz CT molecular complexity index is 402. The number of carbonyl (C=O) groups excluding carboxylic acids is 1. The molecule has 88 valence electrons. The molecule has 0 radical (unpaired) electrons. The van der Waals surface area contributed by atoms with Crippen molar-refractivity contribution < 1.29 is 22.7 Å². The van der Waals surface area contributed by atoms with Gasteiger partial charge in [-0.25, -0.2) is 0 Å². The zero-order chi connectivity index (χ0) is 12.3. The lowest BCUT2D eigenvalue weighted by Gasteiger charge is -2.12. The molecule has 3 nitrogen and oxygen atoms in total. The van der Waals surface area contributed by atoms with E-state index >= 15 is 0 Å². The van der Waals surface area contributed by atoms with E-state index in [2.05, 4.69) is 4.74 Å². The summed E-state index contributed by atoms with van der Waals surface area (Å²) in [5.74, 6) is -0.511. The number of hydrogen-bond donors (Lipinski definition) is 1. The predicted octanol–water partition coefficient (Wildman–Crippen LogP) is 2.41. The second kappa shape index (κ2) is 4.42. The molecule has 0 aliphatic heterocycles. The Hall–Kier alpha value is -1.72. The fourth-order valence-electron chi connectivity index (χ4n) is 1.11. The van der Waals surface area contributed by atoms with Crippen LogP contribution in [-0.4, -0.2) is 18.6 Å². The second-order valence-corrected chi connectivity index (χ2v) is 3.22. The number of ketones is 1. The molecule has 0 unspecified atom stereocenters. The topological polar surface area (TPSA) is 52.3 Å². The van der Waals surface area contributed by atoms with Gasteiger partial charge in [-0.05, 0) is 25.1 Å². The third kappa shape index (κ3) is 3.45. The molecule has 0 atom stereocenters. The number of carbonyl (C=O) groups is 1. The number of hydrogen-bond acceptors (Lipinski definition) is 3. The van der Waals surface area contributed by atoms with E-state index in [0.29, 0.717) is 5.69 Å². The normalized spacial score (nSPS) is 11.2. The fraction of sp³-hybridized carbons (Fsp3) is 0.300. The van der Waals surface area contributed by atoms with Crippen LogP contribution in [0.15, 0.2) is 18.2 Å². The number of benzene rings is 1. The number of nitrogens with two attached hydrogens (primary N) is 1. The fourth-order valence-corrected chi connectivity index (χ4v) is 1.11. The van der Waals surface area contributed by atoms with Gasteiger partial charge in [-0.3, -0.25) is 4.79 Å². The van der Waals surface area contributed by atoms with E-state index in [-0.39, 0.29) is 11.3 Å². The molecule has 0 saturated heterocycles. The second-order valence-electron chi connectivity index (χ2n) is 3.22. The maximum atomic E-state index is 11.9. The van der Waals surface area contributed by atoms with Gasteiger partial charge in [0, 0.05) is 5.69 Å². The third-order valence-corrected chi connectivity index (χ3v) is 1.77. The lowest BCUT2D eigenvalue weighted by molar-refractivity contribution is -0.153. The van der Waals surface area contributed by atoms with E-state index in [1.807, 2.05) is 0 Å². The zero-order valence-electron chi connectivity index (χ0n) is 8.47. The first kappa shape index (κ1) is 12.4. The first-order valence-electron chi connectivity index (χ1n) is 4.39. The van der Waals surface area contributed by atoms with Gasteiger partial charge in [0.1, 0.15) is 5.75 Å². The van der Waals surface area contributed by atoms with Crippen molar-refractivity contribution in [2.45, 2.75) is 13.1 Å². The average Bonchev–Trinajstić information content (AvgIpc) is 2.14. The largest absolute Gasteiger partial charge is 0.483 e. The molecule has 0 spiro atoms. The molecule has 0 aliphatic rings. The molecular weight excluding hydrogens is 223 g/mol. The Morgan fingerprint density at radius 3 is 2.56 bits per heavy atom. The van der Waals surface area contributed by atoms with Crippen molar-refractivity contribution in [3.05, 3.63) is 23.8 Å². The van der Waals surface area contributed by atoms with Gasteiger partial charge in [-0.15, -0.1) is 0 Å². The summed E-state index contributed by atoms with van der Waals surface area (Å²) in [4.78, 5) is 11.1. The Labute approximate surface area is 90.0 Å². The maximum absolute atomic E-state index is 11.9. The van der Waals surface area contributed by atoms with E-state index in [0.717, 1.165) is 0 Å². The maximum Gasteiger partial charge on any atom is 0.422 e. The summed E-state index contributed by atoms with van der Waals surface area (Å²) in [5.41, 5.74) is 5.76. The molecule has 0 saturated carbocycles. The standard InChI is InChI=1S/C10H10F3NO2/c1-6(15)8-4-7(14)2-3-9(8)16-5-10(11,12)13/h2-4H,5,14H2,1H3. The highest BCUT2D eigenvalue weighted by Crippen LogP contribution is 2.24. The lowest BCUT2D eigenvalue weighted by Crippen LogP contribution is -2.20. The SMILES string of the molecule is CC(=O)c1cc(N)ccc1OCC(F)(F)F. The minimum Gasteiger partial charge on any atom is -0.483 e. The van der Waals surface area contributed by atoms with Gasteiger partial charge in [0.2, 0.25) is 0 Å². The minimum absolute atomic E-state index is 0.0456. The van der Waals surface area contributed by atoms with Gasteiger partial charge >= 0.3 is 6.18 Å². The van der Waals surface area contributed by atoms with Crippen molar-refractivity contribution in [2.24, 2.45) is 0 Å². The molecule has 0 aliphatic carbocycles. The number of halogens is 3. The van der Waals surface area contributed by atoms with Crippen molar-refractivity contribution in [1.82, 2.24) is 0 Å². The van der Waals surface area contributed by atoms with Gasteiger partial charge in [0.25, 0.3) is 0 Å². The summed E-state index contributed by atoms with van der Waals surface area (Å²) in [6.45, 7) is -0.202. The highest BCUT2D eigenvalue weighted by molar-refractivity contribution is 5.97. The highest BCUT2D eigenvalue weighted by atomic mass is 19.4. The molecule has 1 rings (SSSR count). The smallest absolute Gasteiger partial charge is 0.422 e. The van der Waals surface area contributed by atoms with Crippen LogP contribution in [0.3, 0.4) is 0 Å². The van der Waals surface area contributed by atoms with Crippen LogP contribution >= 0.6 is 0 Å². The van der Waals surface area contributed by atoms with Crippen molar-refractivity contribution in [3.8, 4) is 5.75 Å². The van der Waals surface area contributed by atoms with Gasteiger partial charge in [-0.1, -0.05) is 0 Å². The van der Waals surface area contributed by atoms with Crippen LogP contribution in [0, 0.1) is 0 Å². The number of rotatable bonds is 3. The molecule has 16 heavy (non-hydrogen) atoms. The van der Waals surface area contributed by atoms with Gasteiger partial charge in [0.15, 0.2) is 12.4 Å². The lowest BCUT2D eigenvalue weighted by atomic mass is 10.1. The Kier molecular flexibility index (Phi) is 3.41.